The second kappa shape index (κ2) is 12.8. The number of carbonyl (C=O) groups is 1. The fourth-order valence-corrected chi connectivity index (χ4v) is 5.66. The minimum absolute atomic E-state index is 0.129. The summed E-state index contributed by atoms with van der Waals surface area (Å²) in [5, 5.41) is 31.4. The molecule has 0 spiro atoms. The monoisotopic (exact) mass is 523 g/mol. The van der Waals surface area contributed by atoms with Gasteiger partial charge in [0.25, 0.3) is 0 Å². The summed E-state index contributed by atoms with van der Waals surface area (Å²) in [7, 11) is 0. The molecule has 0 heterocycles. The predicted octanol–water partition coefficient (Wildman–Crippen LogP) is 1.39. The number of phenols is 1. The first kappa shape index (κ1) is 24.5. The van der Waals surface area contributed by atoms with Crippen LogP contribution in [0.1, 0.15) is 25.8 Å². The van der Waals surface area contributed by atoms with Gasteiger partial charge in [-0.1, -0.05) is 32.1 Å². The molecule has 31 heavy (non-hydrogen) atoms. The van der Waals surface area contributed by atoms with Crippen LogP contribution in [0.2, 0.25) is 0 Å². The molecule has 158 valence electrons. The molecule has 0 aliphatic heterocycles. The van der Waals surface area contributed by atoms with E-state index in [0.29, 0.717) is 6.42 Å². The van der Waals surface area contributed by atoms with E-state index in [1.165, 1.54) is 25.5 Å². The summed E-state index contributed by atoms with van der Waals surface area (Å²) in [6, 6.07) is 24.4. The normalized spacial score (nSPS) is 12.3. The van der Waals surface area contributed by atoms with Crippen molar-refractivity contribution < 1.29 is 20.1 Å². The number of nitrogens with zero attached hydrogens (tertiary/aromatic N) is 1. The van der Waals surface area contributed by atoms with Gasteiger partial charge in [-0.05, 0) is 23.6 Å². The Hall–Kier alpha value is -2.80. The first-order chi connectivity index (χ1) is 14.9. The van der Waals surface area contributed by atoms with Crippen LogP contribution in [0, 0.1) is 5.92 Å². The summed E-state index contributed by atoms with van der Waals surface area (Å²) in [6.07, 6.45) is 1.87. The van der Waals surface area contributed by atoms with Crippen LogP contribution in [-0.4, -0.2) is 44.5 Å². The molecule has 3 aromatic carbocycles. The van der Waals surface area contributed by atoms with E-state index in [2.05, 4.69) is 65.7 Å². The molecule has 0 aliphatic rings. The zero-order valence-corrected chi connectivity index (χ0v) is 20.4. The third-order valence-electron chi connectivity index (χ3n) is 4.63. The van der Waals surface area contributed by atoms with Crippen LogP contribution in [0.4, 0.5) is 0 Å². The molecule has 5 nitrogen and oxygen atoms in total. The number of benzene rings is 3. The number of carboxylic acid groups (broad SMARTS) is 1. The summed E-state index contributed by atoms with van der Waals surface area (Å²) in [5.41, 5.74) is 0.238. The summed E-state index contributed by atoms with van der Waals surface area (Å²) in [6.45, 7) is 3.61. The molecule has 0 radical (unpaired) electrons. The third kappa shape index (κ3) is 8.45. The van der Waals surface area contributed by atoms with Crippen LogP contribution in [0.25, 0.3) is 0 Å². The van der Waals surface area contributed by atoms with E-state index in [1.807, 2.05) is 6.92 Å². The first-order valence-corrected chi connectivity index (χ1v) is 12.9. The minimum atomic E-state index is -1.26. The van der Waals surface area contributed by atoms with Crippen molar-refractivity contribution in [1.82, 2.24) is 0 Å². The molecule has 1 N–H and O–H groups in total. The van der Waals surface area contributed by atoms with E-state index in [0.717, 1.165) is 6.07 Å². The average molecular weight is 522 g/mol. The van der Waals surface area contributed by atoms with Crippen molar-refractivity contribution in [2.75, 3.05) is 0 Å². The number of aliphatic carboxylic acids is 1. The molecule has 0 bridgehead atoms. The quantitative estimate of drug-likeness (QED) is 0.375. The molecule has 6 heteroatoms. The van der Waals surface area contributed by atoms with Crippen LogP contribution < -0.4 is 17.4 Å². The van der Waals surface area contributed by atoms with Crippen molar-refractivity contribution in [2.24, 2.45) is 10.9 Å². The standard InChI is InChI=1S/C13H17NO4.2C6H5.Sn/c1-3-8(2)12(13(17)18)14-7-9-4-5-10(15)6-11(9)16;2*1-2-4-6-5-3-1;/h4-8,12,15-16H,3H2,1-2H3,(H,17,18);2*1-5H;/q;;;+2/p-2/t8-,12-;;;/m0.../s1. The fourth-order valence-electron chi connectivity index (χ4n) is 2.66. The number of carbonyl (C=O) groups excluding carboxylic acids is 1. The predicted molar refractivity (Wildman–Crippen MR) is 121 cm³/mol. The molecule has 0 unspecified atom stereocenters. The Morgan fingerprint density at radius 3 is 2.03 bits per heavy atom. The zero-order valence-electron chi connectivity index (χ0n) is 17.6. The van der Waals surface area contributed by atoms with Gasteiger partial charge in [-0.2, -0.15) is 0 Å². The summed E-state index contributed by atoms with van der Waals surface area (Å²) in [4.78, 5) is 14.8. The Bertz CT molecular complexity index is 940. The maximum atomic E-state index is 11.4. The molecule has 0 fully saturated rings. The Morgan fingerprint density at radius 2 is 1.58 bits per heavy atom. The molecule has 0 aromatic heterocycles. The molecule has 3 rings (SSSR count). The maximum absolute atomic E-state index is 11.4. The van der Waals surface area contributed by atoms with Crippen molar-refractivity contribution in [3.05, 3.63) is 84.4 Å². The number of aliphatic imine (C=N–C) groups is 1. The van der Waals surface area contributed by atoms with E-state index in [-0.39, 0.29) is 17.2 Å². The van der Waals surface area contributed by atoms with Crippen LogP contribution in [0.5, 0.6) is 11.5 Å². The molecule has 0 saturated heterocycles. The number of carboxylic acids is 1. The van der Waals surface area contributed by atoms with Gasteiger partial charge in [0.2, 0.25) is 0 Å². The Labute approximate surface area is 193 Å². The van der Waals surface area contributed by atoms with Crippen molar-refractivity contribution in [1.29, 1.82) is 0 Å². The van der Waals surface area contributed by atoms with Crippen LogP contribution in [0.3, 0.4) is 0 Å². The summed E-state index contributed by atoms with van der Waals surface area (Å²) < 4.78 is 3.08. The van der Waals surface area contributed by atoms with E-state index in [9.17, 15) is 15.0 Å². The SMILES string of the molecule is CC[C@H](C)[C@H](N=Cc1ccc(O)cc1[O-])C(=O)[O-].c1cc[c]([Sn+2][c]2ccccc2)cc1. The van der Waals surface area contributed by atoms with E-state index < -0.39 is 38.9 Å². The second-order valence-electron chi connectivity index (χ2n) is 7.01. The topological polar surface area (TPSA) is 95.8 Å². The van der Waals surface area contributed by atoms with Crippen LogP contribution in [-0.2, 0) is 4.79 Å². The number of hydrogen-bond donors (Lipinski definition) is 1. The summed E-state index contributed by atoms with van der Waals surface area (Å²) in [5.74, 6) is -1.96. The Kier molecular flexibility index (Phi) is 10.1. The van der Waals surface area contributed by atoms with Gasteiger partial charge in [0.1, 0.15) is 5.75 Å². The molecule has 3 aromatic rings. The molecule has 0 aliphatic carbocycles. The van der Waals surface area contributed by atoms with E-state index in [4.69, 9.17) is 5.11 Å². The molecule has 2 atom stereocenters. The van der Waals surface area contributed by atoms with Gasteiger partial charge < -0.3 is 20.1 Å². The Balaban J connectivity index is 0.000000231. The first-order valence-electron chi connectivity index (χ1n) is 10.0. The fraction of sp³-hybridized carbons (Fsp3) is 0.200. The summed E-state index contributed by atoms with van der Waals surface area (Å²) >= 11 is -0.517. The molecular weight excluding hydrogens is 497 g/mol. The van der Waals surface area contributed by atoms with Gasteiger partial charge in [-0.3, -0.25) is 4.99 Å². The van der Waals surface area contributed by atoms with E-state index >= 15 is 0 Å². The van der Waals surface area contributed by atoms with Gasteiger partial charge in [-0.15, -0.1) is 0 Å². The average Bonchev–Trinajstić information content (AvgIpc) is 2.76. The van der Waals surface area contributed by atoms with Crippen molar-refractivity contribution in [3.8, 4) is 11.5 Å². The van der Waals surface area contributed by atoms with Crippen LogP contribution in [0.15, 0.2) is 83.9 Å². The van der Waals surface area contributed by atoms with Crippen molar-refractivity contribution in [2.45, 2.75) is 26.3 Å². The van der Waals surface area contributed by atoms with Gasteiger partial charge in [-0.25, -0.2) is 0 Å². The van der Waals surface area contributed by atoms with E-state index in [1.54, 1.807) is 6.92 Å². The van der Waals surface area contributed by atoms with Crippen molar-refractivity contribution in [3.63, 3.8) is 0 Å². The third-order valence-corrected chi connectivity index (χ3v) is 8.18. The number of phenolic OH excluding ortho intramolecular Hbond substituents is 1. The number of hydrogen-bond acceptors (Lipinski definition) is 5. The zero-order chi connectivity index (χ0) is 22.6. The van der Waals surface area contributed by atoms with Gasteiger partial charge >= 0.3 is 89.0 Å². The van der Waals surface area contributed by atoms with Gasteiger partial charge in [0.15, 0.2) is 0 Å². The molecule has 0 amide bonds. The number of aromatic hydroxyl groups is 1. The van der Waals surface area contributed by atoms with Crippen molar-refractivity contribution >= 4 is 40.5 Å². The number of rotatable bonds is 7. The molecular formula is C25H25NO4Sn. The van der Waals surface area contributed by atoms with Gasteiger partial charge in [0.05, 0.1) is 12.0 Å². The van der Waals surface area contributed by atoms with Crippen LogP contribution >= 0.6 is 0 Å². The Morgan fingerprint density at radius 1 is 1.03 bits per heavy atom. The second-order valence-corrected chi connectivity index (χ2v) is 11.0. The van der Waals surface area contributed by atoms with Gasteiger partial charge in [0, 0.05) is 6.21 Å². The molecule has 0 saturated carbocycles.